The first-order valence-corrected chi connectivity index (χ1v) is 12.7. The van der Waals surface area contributed by atoms with Crippen molar-refractivity contribution in [1.29, 1.82) is 0 Å². The number of hydrogen-bond donors (Lipinski definition) is 0. The number of carbonyl (C=O) groups excluding carboxylic acids is 1. The van der Waals surface area contributed by atoms with Crippen LogP contribution in [0.4, 0.5) is 0 Å². The van der Waals surface area contributed by atoms with Gasteiger partial charge in [-0.1, -0.05) is 96.1 Å². The summed E-state index contributed by atoms with van der Waals surface area (Å²) in [6, 6.07) is 0. The average molecular weight is 394 g/mol. The van der Waals surface area contributed by atoms with Crippen molar-refractivity contribution in [3.05, 3.63) is 12.2 Å². The fourth-order valence-electron chi connectivity index (χ4n) is 3.79. The first-order chi connectivity index (χ1) is 13.8. The quantitative estimate of drug-likeness (QED) is 0.141. The van der Waals surface area contributed by atoms with Crippen LogP contribution in [-0.2, 0) is 4.79 Å². The third-order valence-electron chi connectivity index (χ3n) is 5.77. The maximum absolute atomic E-state index is 11.9. The van der Waals surface area contributed by atoms with Gasteiger partial charge in [0.1, 0.15) is 0 Å². The van der Waals surface area contributed by atoms with Gasteiger partial charge in [-0.2, -0.15) is 0 Å². The third-order valence-corrected chi connectivity index (χ3v) is 5.77. The van der Waals surface area contributed by atoms with Crippen LogP contribution in [0.1, 0.15) is 136 Å². The van der Waals surface area contributed by atoms with Crippen molar-refractivity contribution in [1.82, 2.24) is 4.90 Å². The molecule has 0 aliphatic carbocycles. The highest BCUT2D eigenvalue weighted by atomic mass is 16.2. The Hall–Kier alpha value is -0.790. The Kier molecular flexibility index (Phi) is 21.9. The summed E-state index contributed by atoms with van der Waals surface area (Å²) in [6.45, 7) is 8.11. The van der Waals surface area contributed by atoms with Crippen LogP contribution in [0.5, 0.6) is 0 Å². The molecule has 0 aromatic heterocycles. The van der Waals surface area contributed by atoms with Gasteiger partial charge in [0.15, 0.2) is 0 Å². The molecule has 0 heterocycles. The Balaban J connectivity index is 3.21. The molecule has 28 heavy (non-hydrogen) atoms. The third kappa shape index (κ3) is 18.6. The fourth-order valence-corrected chi connectivity index (χ4v) is 3.79. The van der Waals surface area contributed by atoms with E-state index in [0.29, 0.717) is 5.91 Å². The number of allylic oxidation sites excluding steroid dienone is 2. The van der Waals surface area contributed by atoms with Crippen LogP contribution >= 0.6 is 0 Å². The minimum atomic E-state index is 0.339. The Morgan fingerprint density at radius 3 is 1.39 bits per heavy atom. The highest BCUT2D eigenvalue weighted by molar-refractivity contribution is 5.75. The van der Waals surface area contributed by atoms with E-state index in [1.54, 1.807) is 0 Å². The first-order valence-electron chi connectivity index (χ1n) is 12.7. The van der Waals surface area contributed by atoms with Gasteiger partial charge in [0.25, 0.3) is 0 Å². The van der Waals surface area contributed by atoms with Crippen molar-refractivity contribution in [2.24, 2.45) is 0 Å². The Bertz CT molecular complexity index is 346. The molecule has 2 nitrogen and oxygen atoms in total. The molecule has 0 N–H and O–H groups in total. The summed E-state index contributed by atoms with van der Waals surface area (Å²) in [5.41, 5.74) is 0. The second-order valence-electron chi connectivity index (χ2n) is 8.31. The summed E-state index contributed by atoms with van der Waals surface area (Å²) >= 11 is 0. The van der Waals surface area contributed by atoms with Gasteiger partial charge in [-0.3, -0.25) is 4.79 Å². The van der Waals surface area contributed by atoms with E-state index in [4.69, 9.17) is 0 Å². The summed E-state index contributed by atoms with van der Waals surface area (Å²) in [5, 5.41) is 0. The van der Waals surface area contributed by atoms with Gasteiger partial charge in [-0.15, -0.1) is 0 Å². The van der Waals surface area contributed by atoms with E-state index in [-0.39, 0.29) is 0 Å². The molecule has 0 saturated carbocycles. The van der Waals surface area contributed by atoms with Gasteiger partial charge in [0.05, 0.1) is 0 Å². The first kappa shape index (κ1) is 27.2. The maximum Gasteiger partial charge on any atom is 0.222 e. The number of nitrogens with zero attached hydrogens (tertiary/aromatic N) is 1. The van der Waals surface area contributed by atoms with Crippen molar-refractivity contribution in [3.8, 4) is 0 Å². The molecule has 0 saturated heterocycles. The lowest BCUT2D eigenvalue weighted by atomic mass is 10.1. The highest BCUT2D eigenvalue weighted by Gasteiger charge is 2.07. The zero-order valence-corrected chi connectivity index (χ0v) is 19.7. The van der Waals surface area contributed by atoms with E-state index in [2.05, 4.69) is 32.9 Å². The van der Waals surface area contributed by atoms with E-state index in [9.17, 15) is 4.79 Å². The van der Waals surface area contributed by atoms with E-state index in [1.165, 1.54) is 103 Å². The SMILES string of the molecule is CCCCCCCCC=CCCCCCCCCCCCC(=O)N(CC)CC. The predicted octanol–water partition coefficient (Wildman–Crippen LogP) is 8.45. The van der Waals surface area contributed by atoms with Crippen LogP contribution in [0.25, 0.3) is 0 Å². The second kappa shape index (κ2) is 22.5. The minimum absolute atomic E-state index is 0.339. The lowest BCUT2D eigenvalue weighted by Gasteiger charge is -2.18. The van der Waals surface area contributed by atoms with Gasteiger partial charge in [-0.05, 0) is 46.0 Å². The summed E-state index contributed by atoms with van der Waals surface area (Å²) in [5.74, 6) is 0.339. The van der Waals surface area contributed by atoms with Crippen molar-refractivity contribution < 1.29 is 4.79 Å². The number of unbranched alkanes of at least 4 members (excludes halogenated alkanes) is 15. The van der Waals surface area contributed by atoms with Crippen LogP contribution in [-0.4, -0.2) is 23.9 Å². The van der Waals surface area contributed by atoms with Crippen LogP contribution in [0, 0.1) is 0 Å². The van der Waals surface area contributed by atoms with E-state index in [0.717, 1.165) is 25.9 Å². The van der Waals surface area contributed by atoms with Gasteiger partial charge < -0.3 is 4.90 Å². The number of amides is 1. The van der Waals surface area contributed by atoms with Crippen LogP contribution < -0.4 is 0 Å². The molecule has 0 spiro atoms. The molecular weight excluding hydrogens is 342 g/mol. The molecule has 0 unspecified atom stereocenters. The smallest absolute Gasteiger partial charge is 0.222 e. The van der Waals surface area contributed by atoms with Crippen molar-refractivity contribution in [3.63, 3.8) is 0 Å². The zero-order valence-electron chi connectivity index (χ0n) is 19.7. The van der Waals surface area contributed by atoms with Crippen molar-refractivity contribution >= 4 is 5.91 Å². The van der Waals surface area contributed by atoms with Gasteiger partial charge in [-0.25, -0.2) is 0 Å². The summed E-state index contributed by atoms with van der Waals surface area (Å²) < 4.78 is 0. The van der Waals surface area contributed by atoms with E-state index >= 15 is 0 Å². The van der Waals surface area contributed by atoms with Gasteiger partial charge in [0, 0.05) is 19.5 Å². The van der Waals surface area contributed by atoms with Crippen LogP contribution in [0.2, 0.25) is 0 Å². The van der Waals surface area contributed by atoms with Gasteiger partial charge >= 0.3 is 0 Å². The van der Waals surface area contributed by atoms with Crippen molar-refractivity contribution in [2.45, 2.75) is 136 Å². The van der Waals surface area contributed by atoms with Crippen LogP contribution in [0.15, 0.2) is 12.2 Å². The molecule has 0 rings (SSSR count). The number of rotatable bonds is 21. The zero-order chi connectivity index (χ0) is 20.7. The molecule has 1 amide bonds. The highest BCUT2D eigenvalue weighted by Crippen LogP contribution is 2.12. The standard InChI is InChI=1S/C26H51NO/c1-4-7-8-9-10-11-12-13-14-15-16-17-18-19-20-21-22-23-24-25-26(28)27(5-2)6-3/h13-14H,4-12,15-25H2,1-3H3. The summed E-state index contributed by atoms with van der Waals surface area (Å²) in [4.78, 5) is 13.9. The monoisotopic (exact) mass is 393 g/mol. The molecule has 0 aromatic rings. The molecule has 0 radical (unpaired) electrons. The lowest BCUT2D eigenvalue weighted by Crippen LogP contribution is -2.30. The Labute approximate surface area is 177 Å². The molecule has 0 aliphatic rings. The largest absolute Gasteiger partial charge is 0.343 e. The normalized spacial score (nSPS) is 11.4. The number of hydrogen-bond acceptors (Lipinski definition) is 1. The average Bonchev–Trinajstić information content (AvgIpc) is 2.70. The Morgan fingerprint density at radius 1 is 0.571 bits per heavy atom. The molecule has 0 aromatic carbocycles. The predicted molar refractivity (Wildman–Crippen MR) is 126 cm³/mol. The molecule has 0 bridgehead atoms. The molecule has 0 atom stereocenters. The van der Waals surface area contributed by atoms with E-state index < -0.39 is 0 Å². The van der Waals surface area contributed by atoms with Gasteiger partial charge in [0.2, 0.25) is 5.91 Å². The second-order valence-corrected chi connectivity index (χ2v) is 8.31. The molecule has 166 valence electrons. The van der Waals surface area contributed by atoms with Crippen LogP contribution in [0.3, 0.4) is 0 Å². The molecule has 2 heteroatoms. The lowest BCUT2D eigenvalue weighted by molar-refractivity contribution is -0.130. The fraction of sp³-hybridized carbons (Fsp3) is 0.885. The number of carbonyl (C=O) groups is 1. The Morgan fingerprint density at radius 2 is 0.964 bits per heavy atom. The molecular formula is C26H51NO. The van der Waals surface area contributed by atoms with E-state index in [1.807, 2.05) is 4.90 Å². The topological polar surface area (TPSA) is 20.3 Å². The maximum atomic E-state index is 11.9. The summed E-state index contributed by atoms with van der Waals surface area (Å²) in [6.07, 6.45) is 28.4. The van der Waals surface area contributed by atoms with Crippen molar-refractivity contribution in [2.75, 3.05) is 13.1 Å². The summed E-state index contributed by atoms with van der Waals surface area (Å²) in [7, 11) is 0. The molecule has 0 fully saturated rings. The molecule has 0 aliphatic heterocycles. The minimum Gasteiger partial charge on any atom is -0.343 e.